The Kier molecular flexibility index (Phi) is 3.27. The van der Waals surface area contributed by atoms with Gasteiger partial charge in [-0.3, -0.25) is 0 Å². The van der Waals surface area contributed by atoms with Gasteiger partial charge in [0.2, 0.25) is 0 Å². The molecule has 0 aromatic heterocycles. The normalized spacial score (nSPS) is 34.1. The van der Waals surface area contributed by atoms with Crippen molar-refractivity contribution in [2.75, 3.05) is 19.6 Å². The Hall–Kier alpha value is -0.150. The second kappa shape index (κ2) is 4.02. The van der Waals surface area contributed by atoms with E-state index in [0.29, 0.717) is 6.54 Å². The number of hydrogen-bond acceptors (Lipinski definition) is 2. The van der Waals surface area contributed by atoms with Gasteiger partial charge in [0.1, 0.15) is 6.17 Å². The summed E-state index contributed by atoms with van der Waals surface area (Å²) in [6.45, 7) is 4.62. The van der Waals surface area contributed by atoms with Gasteiger partial charge < -0.3 is 10.6 Å². The summed E-state index contributed by atoms with van der Waals surface area (Å²) >= 11 is 0. The Labute approximate surface area is 67.6 Å². The minimum absolute atomic E-state index is 0.219. The fourth-order valence-corrected chi connectivity index (χ4v) is 1.51. The third-order valence-corrected chi connectivity index (χ3v) is 2.22. The summed E-state index contributed by atoms with van der Waals surface area (Å²) in [7, 11) is 0. The van der Waals surface area contributed by atoms with Crippen LogP contribution < -0.4 is 5.73 Å². The van der Waals surface area contributed by atoms with Crippen LogP contribution in [0.2, 0.25) is 0 Å². The van der Waals surface area contributed by atoms with E-state index in [9.17, 15) is 4.39 Å². The topological polar surface area (TPSA) is 29.3 Å². The van der Waals surface area contributed by atoms with Crippen molar-refractivity contribution >= 4 is 0 Å². The molecule has 0 aliphatic carbocycles. The lowest BCUT2D eigenvalue weighted by atomic mass is 10.0. The fraction of sp³-hybridized carbons (Fsp3) is 1.00. The van der Waals surface area contributed by atoms with Gasteiger partial charge in [-0.05, 0) is 25.9 Å². The van der Waals surface area contributed by atoms with Crippen LogP contribution >= 0.6 is 0 Å². The number of nitrogens with zero attached hydrogens (tertiary/aromatic N) is 1. The van der Waals surface area contributed by atoms with Crippen LogP contribution in [-0.4, -0.2) is 36.7 Å². The largest absolute Gasteiger partial charge is 0.325 e. The van der Waals surface area contributed by atoms with Crippen molar-refractivity contribution < 1.29 is 4.39 Å². The highest BCUT2D eigenvalue weighted by Gasteiger charge is 2.25. The average molecular weight is 160 g/mol. The SMILES string of the molecule is CCCN1CC[C@H](N)[C@@H](F)C1. The molecule has 3 heteroatoms. The number of likely N-dealkylation sites (tertiary alicyclic amines) is 1. The molecule has 1 aliphatic heterocycles. The van der Waals surface area contributed by atoms with Crippen LogP contribution in [0.5, 0.6) is 0 Å². The molecule has 1 aliphatic rings. The van der Waals surface area contributed by atoms with Crippen molar-refractivity contribution in [3.8, 4) is 0 Å². The van der Waals surface area contributed by atoms with Crippen LogP contribution in [0.25, 0.3) is 0 Å². The van der Waals surface area contributed by atoms with Gasteiger partial charge >= 0.3 is 0 Å². The minimum Gasteiger partial charge on any atom is -0.325 e. The van der Waals surface area contributed by atoms with E-state index in [1.165, 1.54) is 0 Å². The van der Waals surface area contributed by atoms with E-state index in [1.54, 1.807) is 0 Å². The van der Waals surface area contributed by atoms with Crippen LogP contribution in [0.4, 0.5) is 4.39 Å². The maximum atomic E-state index is 13.0. The Morgan fingerprint density at radius 3 is 2.91 bits per heavy atom. The summed E-state index contributed by atoms with van der Waals surface area (Å²) in [5, 5.41) is 0. The first kappa shape index (κ1) is 8.94. The van der Waals surface area contributed by atoms with Crippen molar-refractivity contribution in [3.63, 3.8) is 0 Å². The zero-order valence-electron chi connectivity index (χ0n) is 7.09. The molecule has 2 N–H and O–H groups in total. The number of rotatable bonds is 2. The Bertz CT molecular complexity index is 119. The molecule has 1 saturated heterocycles. The summed E-state index contributed by atoms with van der Waals surface area (Å²) in [5.74, 6) is 0. The van der Waals surface area contributed by atoms with Gasteiger partial charge in [0, 0.05) is 12.6 Å². The lowest BCUT2D eigenvalue weighted by Gasteiger charge is -2.32. The number of alkyl halides is 1. The molecule has 0 amide bonds. The maximum Gasteiger partial charge on any atom is 0.128 e. The third kappa shape index (κ3) is 2.42. The Morgan fingerprint density at radius 1 is 1.64 bits per heavy atom. The third-order valence-electron chi connectivity index (χ3n) is 2.22. The van der Waals surface area contributed by atoms with Gasteiger partial charge in [-0.15, -0.1) is 0 Å². The molecule has 66 valence electrons. The highest BCUT2D eigenvalue weighted by atomic mass is 19.1. The molecule has 2 nitrogen and oxygen atoms in total. The van der Waals surface area contributed by atoms with Gasteiger partial charge in [0.15, 0.2) is 0 Å². The zero-order valence-corrected chi connectivity index (χ0v) is 7.09. The van der Waals surface area contributed by atoms with Crippen LogP contribution in [-0.2, 0) is 0 Å². The van der Waals surface area contributed by atoms with Gasteiger partial charge in [0.25, 0.3) is 0 Å². The second-order valence-electron chi connectivity index (χ2n) is 3.27. The molecule has 0 spiro atoms. The molecule has 0 bridgehead atoms. The van der Waals surface area contributed by atoms with E-state index in [0.717, 1.165) is 25.9 Å². The number of piperidine rings is 1. The number of hydrogen-bond donors (Lipinski definition) is 1. The minimum atomic E-state index is -0.810. The molecule has 11 heavy (non-hydrogen) atoms. The van der Waals surface area contributed by atoms with Crippen LogP contribution in [0.1, 0.15) is 19.8 Å². The molecule has 0 aromatic rings. The van der Waals surface area contributed by atoms with Crippen LogP contribution in [0, 0.1) is 0 Å². The van der Waals surface area contributed by atoms with Gasteiger partial charge in [-0.2, -0.15) is 0 Å². The lowest BCUT2D eigenvalue weighted by Crippen LogP contribution is -2.48. The van der Waals surface area contributed by atoms with Crippen molar-refractivity contribution in [3.05, 3.63) is 0 Å². The summed E-state index contributed by atoms with van der Waals surface area (Å²) < 4.78 is 13.0. The van der Waals surface area contributed by atoms with Crippen LogP contribution in [0.3, 0.4) is 0 Å². The monoisotopic (exact) mass is 160 g/mol. The second-order valence-corrected chi connectivity index (χ2v) is 3.27. The molecule has 0 unspecified atom stereocenters. The molecule has 1 rings (SSSR count). The Balaban J connectivity index is 2.28. The molecule has 0 saturated carbocycles. The Morgan fingerprint density at radius 2 is 2.36 bits per heavy atom. The smallest absolute Gasteiger partial charge is 0.128 e. The summed E-state index contributed by atoms with van der Waals surface area (Å²) in [6, 6.07) is -0.219. The first-order chi connectivity index (χ1) is 5.24. The van der Waals surface area contributed by atoms with Crippen molar-refractivity contribution in [2.45, 2.75) is 32.0 Å². The predicted octanol–water partition coefficient (Wildman–Crippen LogP) is 0.767. The van der Waals surface area contributed by atoms with E-state index in [2.05, 4.69) is 11.8 Å². The fourth-order valence-electron chi connectivity index (χ4n) is 1.51. The zero-order chi connectivity index (χ0) is 8.27. The highest BCUT2D eigenvalue weighted by Crippen LogP contribution is 2.11. The average Bonchev–Trinajstić information content (AvgIpc) is 1.98. The predicted molar refractivity (Wildman–Crippen MR) is 44.2 cm³/mol. The summed E-state index contributed by atoms with van der Waals surface area (Å²) in [4.78, 5) is 2.15. The molecule has 1 heterocycles. The molecule has 2 atom stereocenters. The van der Waals surface area contributed by atoms with Gasteiger partial charge in [-0.1, -0.05) is 6.92 Å². The molecule has 0 radical (unpaired) electrons. The number of nitrogens with two attached hydrogens (primary N) is 1. The van der Waals surface area contributed by atoms with Crippen molar-refractivity contribution in [1.82, 2.24) is 4.90 Å². The lowest BCUT2D eigenvalue weighted by molar-refractivity contribution is 0.120. The van der Waals surface area contributed by atoms with E-state index in [-0.39, 0.29) is 6.04 Å². The highest BCUT2D eigenvalue weighted by molar-refractivity contribution is 4.82. The van der Waals surface area contributed by atoms with E-state index in [1.807, 2.05) is 0 Å². The van der Waals surface area contributed by atoms with Gasteiger partial charge in [-0.25, -0.2) is 4.39 Å². The van der Waals surface area contributed by atoms with E-state index in [4.69, 9.17) is 5.73 Å². The van der Waals surface area contributed by atoms with E-state index < -0.39 is 6.17 Å². The summed E-state index contributed by atoms with van der Waals surface area (Å²) in [5.41, 5.74) is 5.53. The molecular formula is C8H17FN2. The first-order valence-corrected chi connectivity index (χ1v) is 4.36. The standard InChI is InChI=1S/C8H17FN2/c1-2-4-11-5-3-8(10)7(9)6-11/h7-8H,2-6,10H2,1H3/t7-,8-/m0/s1. The molecule has 0 aromatic carbocycles. The van der Waals surface area contributed by atoms with Gasteiger partial charge in [0.05, 0.1) is 0 Å². The maximum absolute atomic E-state index is 13.0. The van der Waals surface area contributed by atoms with Crippen molar-refractivity contribution in [1.29, 1.82) is 0 Å². The molecular weight excluding hydrogens is 143 g/mol. The summed E-state index contributed by atoms with van der Waals surface area (Å²) in [6.07, 6.45) is 1.10. The molecule has 1 fully saturated rings. The van der Waals surface area contributed by atoms with Crippen molar-refractivity contribution in [2.24, 2.45) is 5.73 Å². The first-order valence-electron chi connectivity index (χ1n) is 4.36. The van der Waals surface area contributed by atoms with Crippen LogP contribution in [0.15, 0.2) is 0 Å². The number of halogens is 1. The van der Waals surface area contributed by atoms with E-state index >= 15 is 0 Å². The quantitative estimate of drug-likeness (QED) is 0.646.